The van der Waals surface area contributed by atoms with Crippen LogP contribution < -0.4 is 10.6 Å². The first-order valence-corrected chi connectivity index (χ1v) is 9.62. The zero-order valence-corrected chi connectivity index (χ0v) is 20.4. The van der Waals surface area contributed by atoms with E-state index in [-0.39, 0.29) is 42.0 Å². The third-order valence-corrected chi connectivity index (χ3v) is 4.46. The van der Waals surface area contributed by atoms with Gasteiger partial charge in [-0.1, -0.05) is 20.8 Å². The number of aryl methyl sites for hydroxylation is 1. The number of rotatable bonds is 8. The van der Waals surface area contributed by atoms with Gasteiger partial charge in [-0.3, -0.25) is 4.99 Å². The number of halogens is 4. The van der Waals surface area contributed by atoms with E-state index in [2.05, 4.69) is 41.4 Å². The highest BCUT2D eigenvalue weighted by Gasteiger charge is 2.57. The molecule has 2 unspecified atom stereocenters. The van der Waals surface area contributed by atoms with Crippen LogP contribution in [0, 0.1) is 5.41 Å². The van der Waals surface area contributed by atoms with Crippen molar-refractivity contribution in [1.29, 1.82) is 0 Å². The lowest BCUT2D eigenvalue weighted by molar-refractivity contribution is -0.272. The molecule has 3 N–H and O–H groups in total. The molecule has 0 aliphatic carbocycles. The van der Waals surface area contributed by atoms with Crippen LogP contribution in [0.25, 0.3) is 0 Å². The predicted molar refractivity (Wildman–Crippen MR) is 120 cm³/mol. The summed E-state index contributed by atoms with van der Waals surface area (Å²) < 4.78 is 41.9. The summed E-state index contributed by atoms with van der Waals surface area (Å²) in [4.78, 5) is 7.93. The average molecular weight is 533 g/mol. The first-order valence-electron chi connectivity index (χ1n) is 9.62. The maximum Gasteiger partial charge on any atom is 0.424 e. The minimum Gasteiger partial charge on any atom is -0.374 e. The summed E-state index contributed by atoms with van der Waals surface area (Å²) in [5.41, 5.74) is -2.85. The third kappa shape index (κ3) is 8.69. The van der Waals surface area contributed by atoms with Gasteiger partial charge in [-0.25, -0.2) is 4.98 Å². The minimum atomic E-state index is -4.85. The molecular weight excluding hydrogens is 498 g/mol. The van der Waals surface area contributed by atoms with Crippen molar-refractivity contribution in [2.45, 2.75) is 71.7 Å². The molecule has 1 rings (SSSR count). The number of aliphatic hydroxyl groups is 1. The Kier molecular flexibility index (Phi) is 11.0. The average Bonchev–Trinajstić information content (AvgIpc) is 2.97. The van der Waals surface area contributed by atoms with Gasteiger partial charge in [-0.15, -0.1) is 24.0 Å². The number of nitrogens with one attached hydrogen (secondary N) is 2. The first kappa shape index (κ1) is 28.0. The second-order valence-corrected chi connectivity index (χ2v) is 8.38. The molecule has 0 aliphatic rings. The molecule has 0 saturated heterocycles. The van der Waals surface area contributed by atoms with Crippen molar-refractivity contribution in [2.24, 2.45) is 17.5 Å². The van der Waals surface area contributed by atoms with Crippen molar-refractivity contribution in [2.75, 3.05) is 13.1 Å². The van der Waals surface area contributed by atoms with Crippen molar-refractivity contribution in [3.05, 3.63) is 18.2 Å². The first-order chi connectivity index (χ1) is 12.8. The Morgan fingerprint density at radius 3 is 2.34 bits per heavy atom. The molecule has 1 aromatic rings. The molecule has 170 valence electrons. The van der Waals surface area contributed by atoms with Crippen LogP contribution in [0.5, 0.6) is 0 Å². The Bertz CT molecular complexity index is 643. The topological polar surface area (TPSA) is 74.5 Å². The molecule has 0 aliphatic heterocycles. The molecule has 1 aromatic heterocycles. The lowest BCUT2D eigenvalue weighted by Crippen LogP contribution is -2.46. The van der Waals surface area contributed by atoms with Crippen LogP contribution in [-0.2, 0) is 12.6 Å². The van der Waals surface area contributed by atoms with E-state index >= 15 is 0 Å². The van der Waals surface area contributed by atoms with E-state index in [9.17, 15) is 18.3 Å². The van der Waals surface area contributed by atoms with Gasteiger partial charge in [0.1, 0.15) is 5.82 Å². The highest BCUT2D eigenvalue weighted by atomic mass is 127. The van der Waals surface area contributed by atoms with Gasteiger partial charge in [0.05, 0.1) is 0 Å². The Labute approximate surface area is 188 Å². The molecule has 10 heteroatoms. The van der Waals surface area contributed by atoms with Gasteiger partial charge >= 0.3 is 6.18 Å². The van der Waals surface area contributed by atoms with Crippen molar-refractivity contribution in [3.8, 4) is 0 Å². The van der Waals surface area contributed by atoms with Crippen LogP contribution in [0.2, 0.25) is 0 Å². The largest absolute Gasteiger partial charge is 0.424 e. The zero-order chi connectivity index (χ0) is 21.6. The summed E-state index contributed by atoms with van der Waals surface area (Å²) in [6.45, 7) is 10.8. The van der Waals surface area contributed by atoms with E-state index in [1.54, 1.807) is 0 Å². The Balaban J connectivity index is 0.00000784. The number of alkyl halides is 3. The standard InChI is InChI=1S/C19H34F3N5O.HI/c1-7-23-16(26-14(2)8-9-17(3,4)5)25-11-10-18(28,19(20,21)22)15-24-12-13-27(15)6;/h12-14,28H,7-11H2,1-6H3,(H2,23,25,26);1H. The predicted octanol–water partition coefficient (Wildman–Crippen LogP) is 3.95. The Morgan fingerprint density at radius 1 is 1.28 bits per heavy atom. The van der Waals surface area contributed by atoms with Crippen LogP contribution in [0.15, 0.2) is 17.4 Å². The molecule has 1 heterocycles. The lowest BCUT2D eigenvalue weighted by atomic mass is 9.89. The highest BCUT2D eigenvalue weighted by Crippen LogP contribution is 2.40. The monoisotopic (exact) mass is 533 g/mol. The van der Waals surface area contributed by atoms with E-state index in [1.165, 1.54) is 24.0 Å². The summed E-state index contributed by atoms with van der Waals surface area (Å²) in [7, 11) is 1.42. The van der Waals surface area contributed by atoms with Gasteiger partial charge in [-0.2, -0.15) is 13.2 Å². The van der Waals surface area contributed by atoms with Crippen LogP contribution in [-0.4, -0.2) is 45.9 Å². The molecule has 0 spiro atoms. The minimum absolute atomic E-state index is 0. The number of guanidine groups is 1. The van der Waals surface area contributed by atoms with Crippen LogP contribution in [0.1, 0.15) is 59.7 Å². The van der Waals surface area contributed by atoms with Crippen molar-refractivity contribution in [3.63, 3.8) is 0 Å². The normalized spacial score (nSPS) is 16.0. The summed E-state index contributed by atoms with van der Waals surface area (Å²) in [5, 5.41) is 16.6. The van der Waals surface area contributed by atoms with E-state index in [0.29, 0.717) is 12.5 Å². The molecule has 29 heavy (non-hydrogen) atoms. The summed E-state index contributed by atoms with van der Waals surface area (Å²) in [5.74, 6) is -0.0000193. The molecule has 0 fully saturated rings. The molecule has 0 saturated carbocycles. The van der Waals surface area contributed by atoms with Crippen molar-refractivity contribution in [1.82, 2.24) is 20.2 Å². The third-order valence-electron chi connectivity index (χ3n) is 4.46. The van der Waals surface area contributed by atoms with Gasteiger partial charge in [-0.05, 0) is 32.1 Å². The highest BCUT2D eigenvalue weighted by molar-refractivity contribution is 14.0. The van der Waals surface area contributed by atoms with Gasteiger partial charge in [0, 0.05) is 45.0 Å². The van der Waals surface area contributed by atoms with Crippen LogP contribution in [0.3, 0.4) is 0 Å². The molecule has 0 amide bonds. The maximum atomic E-state index is 13.6. The molecule has 2 atom stereocenters. The van der Waals surface area contributed by atoms with E-state index in [4.69, 9.17) is 0 Å². The number of hydrogen-bond donors (Lipinski definition) is 3. The smallest absolute Gasteiger partial charge is 0.374 e. The summed E-state index contributed by atoms with van der Waals surface area (Å²) in [6.07, 6.45) is -0.946. The molecule has 6 nitrogen and oxygen atoms in total. The zero-order valence-electron chi connectivity index (χ0n) is 18.1. The van der Waals surface area contributed by atoms with Gasteiger partial charge in [0.25, 0.3) is 0 Å². The summed E-state index contributed by atoms with van der Waals surface area (Å²) in [6, 6.07) is 0.119. The van der Waals surface area contributed by atoms with E-state index in [1.807, 2.05) is 13.8 Å². The van der Waals surface area contributed by atoms with Crippen molar-refractivity contribution < 1.29 is 18.3 Å². The Hall–Kier alpha value is -1.04. The van der Waals surface area contributed by atoms with Crippen molar-refractivity contribution >= 4 is 29.9 Å². The Morgan fingerprint density at radius 2 is 1.90 bits per heavy atom. The summed E-state index contributed by atoms with van der Waals surface area (Å²) >= 11 is 0. The van der Waals surface area contributed by atoms with E-state index < -0.39 is 24.0 Å². The fourth-order valence-corrected chi connectivity index (χ4v) is 2.75. The van der Waals surface area contributed by atoms with Gasteiger partial charge in [0.2, 0.25) is 5.60 Å². The molecule has 0 bridgehead atoms. The van der Waals surface area contributed by atoms with Crippen LogP contribution in [0.4, 0.5) is 13.2 Å². The van der Waals surface area contributed by atoms with E-state index in [0.717, 1.165) is 12.8 Å². The van der Waals surface area contributed by atoms with Crippen LogP contribution >= 0.6 is 24.0 Å². The SMILES string of the molecule is CCNC(=NCCC(O)(c1nccn1C)C(F)(F)F)NC(C)CCC(C)(C)C.I. The second-order valence-electron chi connectivity index (χ2n) is 8.38. The molecule has 0 radical (unpaired) electrons. The lowest BCUT2D eigenvalue weighted by Gasteiger charge is -2.29. The number of nitrogens with zero attached hydrogens (tertiary/aromatic N) is 3. The number of aliphatic imine (C=N–C) groups is 1. The number of aromatic nitrogens is 2. The fourth-order valence-electron chi connectivity index (χ4n) is 2.75. The van der Waals surface area contributed by atoms with Gasteiger partial charge in [0.15, 0.2) is 5.96 Å². The second kappa shape index (κ2) is 11.4. The fraction of sp³-hybridized carbons (Fsp3) is 0.789. The quantitative estimate of drug-likeness (QED) is 0.269. The molecule has 0 aromatic carbocycles. The molecular formula is C19H35F3IN5O. The maximum absolute atomic E-state index is 13.6. The number of imidazole rings is 1. The number of hydrogen-bond acceptors (Lipinski definition) is 3. The van der Waals surface area contributed by atoms with Gasteiger partial charge < -0.3 is 20.3 Å².